The van der Waals surface area contributed by atoms with Crippen molar-refractivity contribution in [1.29, 1.82) is 0 Å². The highest BCUT2D eigenvalue weighted by molar-refractivity contribution is 7.14. The molecule has 0 unspecified atom stereocenters. The quantitative estimate of drug-likeness (QED) is 0.308. The molecule has 142 valence electrons. The molecule has 0 spiro atoms. The molecular weight excluding hydrogens is 374 g/mol. The number of ketones is 1. The van der Waals surface area contributed by atoms with Crippen LogP contribution in [0.3, 0.4) is 0 Å². The van der Waals surface area contributed by atoms with E-state index in [2.05, 4.69) is 0 Å². The normalized spacial score (nSPS) is 12.8. The van der Waals surface area contributed by atoms with Crippen LogP contribution in [0, 0.1) is 17.0 Å². The molecule has 3 rings (SSSR count). The number of Topliss-reactive ketones (excluding diaryl/α,β-unsaturated/α-hetero) is 1. The van der Waals surface area contributed by atoms with E-state index in [1.807, 2.05) is 13.0 Å². The van der Waals surface area contributed by atoms with E-state index in [1.54, 1.807) is 6.07 Å². The standard InChI is InChI=1S/C18H17NO7S/c1-11-2-4-16(27-11)15(20)3-5-17(21)25-9-13-7-14(19(22)23)6-12-8-24-10-26-18(12)13/h2,4,6-7H,3,5,8-10H2,1H3. The van der Waals surface area contributed by atoms with Crippen molar-refractivity contribution in [3.63, 3.8) is 0 Å². The number of aryl methyl sites for hydroxylation is 1. The zero-order chi connectivity index (χ0) is 19.4. The fraction of sp³-hybridized carbons (Fsp3) is 0.333. The third kappa shape index (κ3) is 4.69. The predicted octanol–water partition coefficient (Wildman–Crippen LogP) is 3.54. The lowest BCUT2D eigenvalue weighted by molar-refractivity contribution is -0.385. The maximum absolute atomic E-state index is 12.0. The smallest absolute Gasteiger partial charge is 0.306 e. The van der Waals surface area contributed by atoms with E-state index in [9.17, 15) is 19.7 Å². The first kappa shape index (κ1) is 19.0. The summed E-state index contributed by atoms with van der Waals surface area (Å²) in [7, 11) is 0. The Hall–Kier alpha value is -2.78. The number of fused-ring (bicyclic) bond motifs is 1. The fourth-order valence-electron chi connectivity index (χ4n) is 2.65. The van der Waals surface area contributed by atoms with Crippen molar-refractivity contribution in [2.24, 2.45) is 0 Å². The second-order valence-corrected chi connectivity index (χ2v) is 7.24. The van der Waals surface area contributed by atoms with Crippen molar-refractivity contribution in [2.45, 2.75) is 33.0 Å². The zero-order valence-corrected chi connectivity index (χ0v) is 15.4. The van der Waals surface area contributed by atoms with Gasteiger partial charge in [0.1, 0.15) is 12.4 Å². The van der Waals surface area contributed by atoms with Crippen molar-refractivity contribution in [2.75, 3.05) is 6.79 Å². The number of hydrogen-bond acceptors (Lipinski definition) is 8. The number of benzene rings is 1. The van der Waals surface area contributed by atoms with Gasteiger partial charge in [0, 0.05) is 34.6 Å². The van der Waals surface area contributed by atoms with Gasteiger partial charge in [0.05, 0.1) is 22.8 Å². The van der Waals surface area contributed by atoms with Gasteiger partial charge in [-0.2, -0.15) is 0 Å². The van der Waals surface area contributed by atoms with Crippen LogP contribution in [-0.2, 0) is 27.5 Å². The maximum atomic E-state index is 12.0. The van der Waals surface area contributed by atoms with Gasteiger partial charge in [0.25, 0.3) is 5.69 Å². The van der Waals surface area contributed by atoms with Crippen LogP contribution in [-0.4, -0.2) is 23.5 Å². The predicted molar refractivity (Wildman–Crippen MR) is 95.8 cm³/mol. The highest BCUT2D eigenvalue weighted by Crippen LogP contribution is 2.33. The number of rotatable bonds is 7. The van der Waals surface area contributed by atoms with Gasteiger partial charge in [-0.3, -0.25) is 19.7 Å². The molecule has 0 N–H and O–H groups in total. The second-order valence-electron chi connectivity index (χ2n) is 5.96. The minimum atomic E-state index is -0.552. The molecule has 0 fully saturated rings. The summed E-state index contributed by atoms with van der Waals surface area (Å²) in [6, 6.07) is 6.28. The third-order valence-corrected chi connectivity index (χ3v) is 4.98. The summed E-state index contributed by atoms with van der Waals surface area (Å²) in [5.41, 5.74) is 0.804. The Labute approximate surface area is 158 Å². The molecule has 0 bridgehead atoms. The molecule has 0 saturated carbocycles. The number of carbonyl (C=O) groups excluding carboxylic acids is 2. The number of thiophene rings is 1. The average molecular weight is 391 g/mol. The van der Waals surface area contributed by atoms with Gasteiger partial charge in [-0.15, -0.1) is 11.3 Å². The van der Waals surface area contributed by atoms with Crippen LogP contribution in [0.15, 0.2) is 24.3 Å². The van der Waals surface area contributed by atoms with Crippen molar-refractivity contribution in [3.05, 3.63) is 55.3 Å². The molecule has 0 atom stereocenters. The molecule has 0 aliphatic carbocycles. The summed E-state index contributed by atoms with van der Waals surface area (Å²) < 4.78 is 15.7. The Bertz CT molecular complexity index is 890. The molecule has 8 nitrogen and oxygen atoms in total. The van der Waals surface area contributed by atoms with E-state index < -0.39 is 10.9 Å². The number of carbonyl (C=O) groups is 2. The highest BCUT2D eigenvalue weighted by Gasteiger charge is 2.22. The second kappa shape index (κ2) is 8.28. The van der Waals surface area contributed by atoms with E-state index in [4.69, 9.17) is 14.2 Å². The highest BCUT2D eigenvalue weighted by atomic mass is 32.1. The average Bonchev–Trinajstić information content (AvgIpc) is 3.10. The topological polar surface area (TPSA) is 105 Å². The van der Waals surface area contributed by atoms with Crippen molar-refractivity contribution < 1.29 is 28.7 Å². The van der Waals surface area contributed by atoms with Crippen LogP contribution in [0.4, 0.5) is 5.69 Å². The number of nitro groups is 1. The zero-order valence-electron chi connectivity index (χ0n) is 14.6. The van der Waals surface area contributed by atoms with Crippen LogP contribution in [0.25, 0.3) is 0 Å². The third-order valence-electron chi connectivity index (χ3n) is 3.94. The number of nitrogens with zero attached hydrogens (tertiary/aromatic N) is 1. The first-order valence-electron chi connectivity index (χ1n) is 8.20. The SMILES string of the molecule is Cc1ccc(C(=O)CCC(=O)OCc2cc([N+](=O)[O-])cc3c2OCOC3)s1. The molecule has 2 heterocycles. The number of non-ortho nitro benzene ring substituents is 1. The Morgan fingerprint density at radius 1 is 1.30 bits per heavy atom. The fourth-order valence-corrected chi connectivity index (χ4v) is 3.48. The largest absolute Gasteiger partial charge is 0.467 e. The van der Waals surface area contributed by atoms with E-state index >= 15 is 0 Å². The van der Waals surface area contributed by atoms with Crippen LogP contribution in [0.2, 0.25) is 0 Å². The molecule has 2 aromatic rings. The molecule has 0 amide bonds. The summed E-state index contributed by atoms with van der Waals surface area (Å²) >= 11 is 1.38. The molecule has 27 heavy (non-hydrogen) atoms. The number of hydrogen-bond donors (Lipinski definition) is 0. The van der Waals surface area contributed by atoms with Crippen molar-refractivity contribution in [1.82, 2.24) is 0 Å². The van der Waals surface area contributed by atoms with Gasteiger partial charge in [-0.05, 0) is 19.1 Å². The lowest BCUT2D eigenvalue weighted by atomic mass is 10.1. The van der Waals surface area contributed by atoms with Gasteiger partial charge >= 0.3 is 5.97 Å². The lowest BCUT2D eigenvalue weighted by Gasteiger charge is -2.20. The van der Waals surface area contributed by atoms with Crippen LogP contribution >= 0.6 is 11.3 Å². The minimum absolute atomic E-state index is 0.0283. The first-order valence-corrected chi connectivity index (χ1v) is 9.01. The number of ether oxygens (including phenoxy) is 3. The molecule has 1 aliphatic rings. The molecule has 1 aliphatic heterocycles. The first-order chi connectivity index (χ1) is 12.9. The number of nitro benzene ring substituents is 1. The van der Waals surface area contributed by atoms with Crippen molar-refractivity contribution in [3.8, 4) is 5.75 Å². The molecule has 0 radical (unpaired) electrons. The van der Waals surface area contributed by atoms with Crippen LogP contribution < -0.4 is 4.74 Å². The van der Waals surface area contributed by atoms with Gasteiger partial charge in [-0.25, -0.2) is 0 Å². The van der Waals surface area contributed by atoms with Crippen LogP contribution in [0.1, 0.15) is 38.5 Å². The lowest BCUT2D eigenvalue weighted by Crippen LogP contribution is -2.15. The monoisotopic (exact) mass is 391 g/mol. The summed E-state index contributed by atoms with van der Waals surface area (Å²) in [6.45, 7) is 1.95. The summed E-state index contributed by atoms with van der Waals surface area (Å²) in [5.74, 6) is -0.230. The van der Waals surface area contributed by atoms with E-state index in [-0.39, 0.29) is 44.3 Å². The molecule has 1 aromatic carbocycles. The van der Waals surface area contributed by atoms with Crippen LogP contribution in [0.5, 0.6) is 5.75 Å². The maximum Gasteiger partial charge on any atom is 0.306 e. The van der Waals surface area contributed by atoms with E-state index in [0.29, 0.717) is 21.8 Å². The molecular formula is C18H17NO7S. The summed E-state index contributed by atoms with van der Waals surface area (Å²) in [6.07, 6.45) is -0.00691. The van der Waals surface area contributed by atoms with E-state index in [1.165, 1.54) is 23.5 Å². The number of esters is 1. The van der Waals surface area contributed by atoms with Gasteiger partial charge in [0.15, 0.2) is 12.6 Å². The Balaban J connectivity index is 1.60. The molecule has 1 aromatic heterocycles. The van der Waals surface area contributed by atoms with E-state index in [0.717, 1.165) is 4.88 Å². The molecule has 9 heteroatoms. The Kier molecular flexibility index (Phi) is 5.82. The molecule has 0 saturated heterocycles. The van der Waals surface area contributed by atoms with Gasteiger partial charge < -0.3 is 14.2 Å². The Morgan fingerprint density at radius 2 is 2.11 bits per heavy atom. The Morgan fingerprint density at radius 3 is 2.81 bits per heavy atom. The van der Waals surface area contributed by atoms with Crippen molar-refractivity contribution >= 4 is 28.8 Å². The minimum Gasteiger partial charge on any atom is -0.467 e. The summed E-state index contributed by atoms with van der Waals surface area (Å²) in [5, 5.41) is 11.1. The van der Waals surface area contributed by atoms with Gasteiger partial charge in [-0.1, -0.05) is 0 Å². The summed E-state index contributed by atoms with van der Waals surface area (Å²) in [4.78, 5) is 36.2. The van der Waals surface area contributed by atoms with Gasteiger partial charge in [0.2, 0.25) is 0 Å².